The number of nitrogens with one attached hydrogen (secondary N) is 1. The predicted octanol–water partition coefficient (Wildman–Crippen LogP) is -0.192. The number of carbonyl (C=O) groups is 1. The fraction of sp³-hybridized carbons (Fsp3) is 0.571. The van der Waals surface area contributed by atoms with Crippen LogP contribution in [0, 0.1) is 5.92 Å². The maximum absolute atomic E-state index is 11.0. The molecule has 1 aliphatic heterocycles. The molecule has 1 fully saturated rings. The topological polar surface area (TPSA) is 32.3 Å². The number of nitrogens with zero attached hydrogens (tertiary/aromatic N) is 1. The fourth-order valence-electron chi connectivity index (χ4n) is 1.08. The van der Waals surface area contributed by atoms with Gasteiger partial charge in [-0.2, -0.15) is 0 Å². The van der Waals surface area contributed by atoms with Crippen molar-refractivity contribution in [3.05, 3.63) is 12.8 Å². The predicted molar refractivity (Wildman–Crippen MR) is 39.3 cm³/mol. The second kappa shape index (κ2) is 2.84. The van der Waals surface area contributed by atoms with Gasteiger partial charge in [0.25, 0.3) is 0 Å². The average molecular weight is 140 g/mol. The molecule has 56 valence electrons. The van der Waals surface area contributed by atoms with Crippen molar-refractivity contribution in [3.8, 4) is 0 Å². The van der Waals surface area contributed by atoms with E-state index in [-0.39, 0.29) is 11.8 Å². The van der Waals surface area contributed by atoms with Gasteiger partial charge in [0.05, 0.1) is 5.92 Å². The van der Waals surface area contributed by atoms with Crippen molar-refractivity contribution < 1.29 is 4.79 Å². The summed E-state index contributed by atoms with van der Waals surface area (Å²) in [6.07, 6.45) is 1.43. The number of hydrogen-bond acceptors (Lipinski definition) is 2. The summed E-state index contributed by atoms with van der Waals surface area (Å²) in [7, 11) is 2.00. The van der Waals surface area contributed by atoms with Gasteiger partial charge < -0.3 is 10.2 Å². The van der Waals surface area contributed by atoms with Crippen molar-refractivity contribution in [2.75, 3.05) is 20.1 Å². The molecule has 0 aromatic heterocycles. The van der Waals surface area contributed by atoms with Gasteiger partial charge in [-0.3, -0.25) is 4.79 Å². The van der Waals surface area contributed by atoms with Crippen LogP contribution < -0.4 is 5.32 Å². The van der Waals surface area contributed by atoms with E-state index in [1.54, 1.807) is 0 Å². The molecule has 1 aliphatic rings. The highest BCUT2D eigenvalue weighted by molar-refractivity contribution is 5.80. The van der Waals surface area contributed by atoms with Crippen LogP contribution in [-0.2, 0) is 4.79 Å². The summed E-state index contributed by atoms with van der Waals surface area (Å²) in [4.78, 5) is 13.1. The van der Waals surface area contributed by atoms with Crippen LogP contribution >= 0.6 is 0 Å². The van der Waals surface area contributed by atoms with Crippen LogP contribution in [0.25, 0.3) is 0 Å². The van der Waals surface area contributed by atoms with Crippen molar-refractivity contribution in [1.82, 2.24) is 10.2 Å². The quantitative estimate of drug-likeness (QED) is 0.576. The molecule has 0 atom stereocenters. The van der Waals surface area contributed by atoms with Gasteiger partial charge in [0, 0.05) is 13.1 Å². The van der Waals surface area contributed by atoms with Crippen LogP contribution in [0.3, 0.4) is 0 Å². The van der Waals surface area contributed by atoms with Crippen molar-refractivity contribution in [3.63, 3.8) is 0 Å². The average Bonchev–Trinajstić information content (AvgIpc) is 1.82. The maximum atomic E-state index is 11.0. The van der Waals surface area contributed by atoms with Crippen LogP contribution in [0.2, 0.25) is 0 Å². The molecule has 3 nitrogen and oxygen atoms in total. The van der Waals surface area contributed by atoms with Crippen molar-refractivity contribution in [2.45, 2.75) is 0 Å². The monoisotopic (exact) mass is 140 g/mol. The fourth-order valence-corrected chi connectivity index (χ4v) is 1.08. The lowest BCUT2D eigenvalue weighted by molar-refractivity contribution is -0.128. The van der Waals surface area contributed by atoms with Gasteiger partial charge in [0.2, 0.25) is 5.91 Å². The highest BCUT2D eigenvalue weighted by atomic mass is 16.2. The molecule has 1 heterocycles. The molecule has 3 heteroatoms. The van der Waals surface area contributed by atoms with Gasteiger partial charge in [-0.25, -0.2) is 0 Å². The van der Waals surface area contributed by atoms with E-state index in [0.717, 1.165) is 13.1 Å². The molecule has 0 radical (unpaired) electrons. The Bertz CT molecular complexity index is 150. The van der Waals surface area contributed by atoms with Crippen molar-refractivity contribution in [2.24, 2.45) is 5.92 Å². The largest absolute Gasteiger partial charge is 0.333 e. The van der Waals surface area contributed by atoms with Gasteiger partial charge in [0.1, 0.15) is 0 Å². The minimum absolute atomic E-state index is 0.0908. The Morgan fingerprint density at radius 3 is 2.80 bits per heavy atom. The minimum Gasteiger partial charge on any atom is -0.333 e. The second-order valence-corrected chi connectivity index (χ2v) is 2.63. The number of carbonyl (C=O) groups excluding carboxylic acids is 1. The van der Waals surface area contributed by atoms with E-state index in [1.165, 1.54) is 6.20 Å². The molecule has 0 spiro atoms. The molecule has 0 aromatic carbocycles. The molecule has 1 N–H and O–H groups in total. The lowest BCUT2D eigenvalue weighted by atomic mass is 10.0. The maximum Gasteiger partial charge on any atom is 0.229 e. The highest BCUT2D eigenvalue weighted by Gasteiger charge is 2.28. The van der Waals surface area contributed by atoms with Gasteiger partial charge in [-0.15, -0.1) is 0 Å². The molecular weight excluding hydrogens is 128 g/mol. The van der Waals surface area contributed by atoms with E-state index in [0.29, 0.717) is 0 Å². The first-order chi connectivity index (χ1) is 4.74. The third-order valence-electron chi connectivity index (χ3n) is 1.68. The summed E-state index contributed by atoms with van der Waals surface area (Å²) in [5, 5.41) is 2.57. The SMILES string of the molecule is C=CNC(=O)C1CN(C)C1. The zero-order valence-corrected chi connectivity index (χ0v) is 6.13. The third-order valence-corrected chi connectivity index (χ3v) is 1.68. The van der Waals surface area contributed by atoms with Crippen LogP contribution in [0.5, 0.6) is 0 Å². The molecule has 0 saturated carbocycles. The first-order valence-electron chi connectivity index (χ1n) is 3.34. The smallest absolute Gasteiger partial charge is 0.229 e. The van der Waals surface area contributed by atoms with E-state index in [1.807, 2.05) is 7.05 Å². The number of likely N-dealkylation sites (tertiary alicyclic amines) is 1. The lowest BCUT2D eigenvalue weighted by Gasteiger charge is -2.34. The summed E-state index contributed by atoms with van der Waals surface area (Å²) < 4.78 is 0. The molecule has 1 saturated heterocycles. The van der Waals surface area contributed by atoms with Crippen LogP contribution in [0.1, 0.15) is 0 Å². The van der Waals surface area contributed by atoms with Crippen LogP contribution in [0.4, 0.5) is 0 Å². The summed E-state index contributed by atoms with van der Waals surface area (Å²) in [6, 6.07) is 0. The van der Waals surface area contributed by atoms with Crippen LogP contribution in [-0.4, -0.2) is 30.9 Å². The molecule has 0 aliphatic carbocycles. The lowest BCUT2D eigenvalue weighted by Crippen LogP contribution is -2.50. The van der Waals surface area contributed by atoms with E-state index in [2.05, 4.69) is 16.8 Å². The molecule has 1 rings (SSSR count). The second-order valence-electron chi connectivity index (χ2n) is 2.63. The molecule has 1 amide bonds. The van der Waals surface area contributed by atoms with E-state index >= 15 is 0 Å². The summed E-state index contributed by atoms with van der Waals surface area (Å²) in [5.74, 6) is 0.274. The van der Waals surface area contributed by atoms with Crippen molar-refractivity contribution >= 4 is 5.91 Å². The Morgan fingerprint density at radius 1 is 1.80 bits per heavy atom. The molecule has 10 heavy (non-hydrogen) atoms. The Hall–Kier alpha value is -0.830. The van der Waals surface area contributed by atoms with Crippen LogP contribution in [0.15, 0.2) is 12.8 Å². The number of rotatable bonds is 2. The van der Waals surface area contributed by atoms with Crippen molar-refractivity contribution in [1.29, 1.82) is 0 Å². The molecule has 0 aromatic rings. The zero-order chi connectivity index (χ0) is 7.56. The Labute approximate surface area is 60.7 Å². The number of amides is 1. The normalized spacial score (nSPS) is 19.7. The first-order valence-corrected chi connectivity index (χ1v) is 3.34. The summed E-state index contributed by atoms with van der Waals surface area (Å²) >= 11 is 0. The zero-order valence-electron chi connectivity index (χ0n) is 6.13. The number of hydrogen-bond donors (Lipinski definition) is 1. The van der Waals surface area contributed by atoms with Gasteiger partial charge >= 0.3 is 0 Å². The molecular formula is C7H12N2O. The Balaban J connectivity index is 2.24. The Kier molecular flexibility index (Phi) is 2.06. The van der Waals surface area contributed by atoms with E-state index < -0.39 is 0 Å². The summed E-state index contributed by atoms with van der Waals surface area (Å²) in [5.41, 5.74) is 0. The summed E-state index contributed by atoms with van der Waals surface area (Å²) in [6.45, 7) is 5.16. The molecule has 0 bridgehead atoms. The first kappa shape index (κ1) is 7.28. The van der Waals surface area contributed by atoms with Gasteiger partial charge in [-0.05, 0) is 13.2 Å². The molecule has 0 unspecified atom stereocenters. The standard InChI is InChI=1S/C7H12N2O/c1-3-8-7(10)6-4-9(2)5-6/h3,6H,1,4-5H2,2H3,(H,8,10). The van der Waals surface area contributed by atoms with Gasteiger partial charge in [-0.1, -0.05) is 6.58 Å². The Morgan fingerprint density at radius 2 is 2.40 bits per heavy atom. The minimum atomic E-state index is 0.0908. The van der Waals surface area contributed by atoms with E-state index in [9.17, 15) is 4.79 Å². The highest BCUT2D eigenvalue weighted by Crippen LogP contribution is 2.11. The van der Waals surface area contributed by atoms with E-state index in [4.69, 9.17) is 0 Å². The van der Waals surface area contributed by atoms with Gasteiger partial charge in [0.15, 0.2) is 0 Å². The third kappa shape index (κ3) is 1.36.